The molecule has 4 saturated carbocycles. The van der Waals surface area contributed by atoms with E-state index in [-0.39, 0.29) is 23.7 Å². The molecule has 0 aromatic carbocycles. The van der Waals surface area contributed by atoms with E-state index < -0.39 is 10.5 Å². The van der Waals surface area contributed by atoms with Crippen LogP contribution in [0.4, 0.5) is 5.69 Å². The van der Waals surface area contributed by atoms with Crippen LogP contribution >= 0.6 is 0 Å². The highest BCUT2D eigenvalue weighted by Crippen LogP contribution is 2.58. The monoisotopic (exact) mass is 411 g/mol. The summed E-state index contributed by atoms with van der Waals surface area (Å²) in [4.78, 5) is 38.3. The second kappa shape index (κ2) is 7.11. The molecule has 2 aromatic heterocycles. The number of hydrogen-bond acceptors (Lipinski definition) is 5. The minimum atomic E-state index is -0.555. The topological polar surface area (TPSA) is 98.6 Å². The number of hydrogen-bond donors (Lipinski definition) is 0. The van der Waals surface area contributed by atoms with Crippen molar-refractivity contribution in [2.45, 2.75) is 57.2 Å². The molecule has 0 atom stereocenters. The molecule has 0 radical (unpaired) electrons. The van der Waals surface area contributed by atoms with Crippen molar-refractivity contribution >= 4 is 11.6 Å². The Hall–Kier alpha value is -2.90. The molecule has 6 rings (SSSR count). The SMILES string of the molecule is O=C(Cn1cc([N+](=O)[O-])ccc1=O)N(Cc1ccco1)C12CC3CC(CC(C3)C1)C2. The van der Waals surface area contributed by atoms with Gasteiger partial charge in [-0.3, -0.25) is 24.3 Å². The van der Waals surface area contributed by atoms with E-state index in [1.165, 1.54) is 25.3 Å². The maximum Gasteiger partial charge on any atom is 0.285 e. The van der Waals surface area contributed by atoms with Crippen molar-refractivity contribution in [2.24, 2.45) is 17.8 Å². The smallest absolute Gasteiger partial charge is 0.285 e. The van der Waals surface area contributed by atoms with Crippen LogP contribution in [-0.2, 0) is 17.9 Å². The molecule has 30 heavy (non-hydrogen) atoms. The lowest BCUT2D eigenvalue weighted by Crippen LogP contribution is -2.61. The van der Waals surface area contributed by atoms with Gasteiger partial charge >= 0.3 is 0 Å². The Morgan fingerprint density at radius 1 is 1.17 bits per heavy atom. The molecule has 4 aliphatic rings. The van der Waals surface area contributed by atoms with Crippen LogP contribution in [0.1, 0.15) is 44.3 Å². The first-order valence-corrected chi connectivity index (χ1v) is 10.6. The highest BCUT2D eigenvalue weighted by atomic mass is 16.6. The summed E-state index contributed by atoms with van der Waals surface area (Å²) in [6.45, 7) is 0.157. The molecule has 1 amide bonds. The van der Waals surface area contributed by atoms with E-state index in [1.54, 1.807) is 6.26 Å². The summed E-state index contributed by atoms with van der Waals surface area (Å²) in [5, 5.41) is 11.1. The zero-order chi connectivity index (χ0) is 20.9. The predicted molar refractivity (Wildman–Crippen MR) is 108 cm³/mol. The number of aromatic nitrogens is 1. The van der Waals surface area contributed by atoms with Crippen LogP contribution in [0.15, 0.2) is 45.9 Å². The molecule has 2 aromatic rings. The Morgan fingerprint density at radius 2 is 1.83 bits per heavy atom. The molecular weight excluding hydrogens is 386 g/mol. The van der Waals surface area contributed by atoms with Gasteiger partial charge in [-0.25, -0.2) is 0 Å². The van der Waals surface area contributed by atoms with Crippen molar-refractivity contribution in [1.29, 1.82) is 0 Å². The van der Waals surface area contributed by atoms with Gasteiger partial charge < -0.3 is 9.32 Å². The Morgan fingerprint density at radius 3 is 2.40 bits per heavy atom. The summed E-state index contributed by atoms with van der Waals surface area (Å²) < 4.78 is 6.70. The maximum atomic E-state index is 13.5. The third kappa shape index (κ3) is 3.34. The number of pyridine rings is 1. The predicted octanol–water partition coefficient (Wildman–Crippen LogP) is 3.35. The lowest BCUT2D eigenvalue weighted by Gasteiger charge is -2.60. The summed E-state index contributed by atoms with van der Waals surface area (Å²) in [5.41, 5.74) is -0.824. The maximum absolute atomic E-state index is 13.5. The molecule has 0 spiro atoms. The normalized spacial score (nSPS) is 29.1. The quantitative estimate of drug-likeness (QED) is 0.536. The number of rotatable bonds is 6. The van der Waals surface area contributed by atoms with Gasteiger partial charge in [-0.2, -0.15) is 0 Å². The van der Waals surface area contributed by atoms with E-state index in [1.807, 2.05) is 17.0 Å². The molecule has 0 unspecified atom stereocenters. The Kier molecular flexibility index (Phi) is 4.52. The second-order valence-corrected chi connectivity index (χ2v) is 9.31. The van der Waals surface area contributed by atoms with Gasteiger partial charge in [-0.15, -0.1) is 0 Å². The number of amides is 1. The summed E-state index contributed by atoms with van der Waals surface area (Å²) in [5.74, 6) is 2.50. The standard InChI is InChI=1S/C22H25N3O5/c26-20-4-3-18(25(28)29)12-23(20)14-21(27)24(13-19-2-1-5-30-19)22-9-15-6-16(10-22)8-17(7-15)11-22/h1-5,12,15-17H,6-11,13-14H2. The minimum absolute atomic E-state index is 0.184. The molecule has 0 saturated heterocycles. The molecule has 4 fully saturated rings. The lowest BCUT2D eigenvalue weighted by atomic mass is 9.52. The van der Waals surface area contributed by atoms with Gasteiger partial charge in [-0.1, -0.05) is 0 Å². The summed E-state index contributed by atoms with van der Waals surface area (Å²) >= 11 is 0. The van der Waals surface area contributed by atoms with Crippen LogP contribution in [0.2, 0.25) is 0 Å². The van der Waals surface area contributed by atoms with E-state index in [2.05, 4.69) is 0 Å². The van der Waals surface area contributed by atoms with Crippen molar-refractivity contribution in [3.63, 3.8) is 0 Å². The van der Waals surface area contributed by atoms with E-state index in [4.69, 9.17) is 4.42 Å². The molecule has 8 heteroatoms. The van der Waals surface area contributed by atoms with Crippen molar-refractivity contribution in [3.05, 3.63) is 63.0 Å². The third-order valence-corrected chi connectivity index (χ3v) is 7.26. The zero-order valence-corrected chi connectivity index (χ0v) is 16.7. The van der Waals surface area contributed by atoms with Gasteiger partial charge in [0, 0.05) is 17.7 Å². The largest absolute Gasteiger partial charge is 0.467 e. The number of nitrogens with zero attached hydrogens (tertiary/aromatic N) is 3. The first-order chi connectivity index (χ1) is 14.4. The first kappa shape index (κ1) is 19.1. The van der Waals surface area contributed by atoms with Gasteiger partial charge in [0.2, 0.25) is 5.91 Å². The summed E-state index contributed by atoms with van der Waals surface area (Å²) in [6, 6.07) is 5.99. The number of nitro groups is 1. The van der Waals surface area contributed by atoms with Crippen molar-refractivity contribution in [3.8, 4) is 0 Å². The molecule has 4 aliphatic carbocycles. The van der Waals surface area contributed by atoms with E-state index >= 15 is 0 Å². The van der Waals surface area contributed by atoms with Crippen LogP contribution in [0.5, 0.6) is 0 Å². The molecule has 2 heterocycles. The van der Waals surface area contributed by atoms with Crippen molar-refractivity contribution < 1.29 is 14.1 Å². The Balaban J connectivity index is 1.47. The second-order valence-electron chi connectivity index (χ2n) is 9.31. The highest BCUT2D eigenvalue weighted by Gasteiger charge is 2.54. The van der Waals surface area contributed by atoms with E-state index in [0.717, 1.165) is 36.1 Å². The minimum Gasteiger partial charge on any atom is -0.467 e. The molecule has 8 nitrogen and oxygen atoms in total. The first-order valence-electron chi connectivity index (χ1n) is 10.6. The average Bonchev–Trinajstić information content (AvgIpc) is 3.19. The molecule has 0 N–H and O–H groups in total. The van der Waals surface area contributed by atoms with Gasteiger partial charge in [0.15, 0.2) is 0 Å². The number of carbonyl (C=O) groups is 1. The Bertz CT molecular complexity index is 990. The van der Waals surface area contributed by atoms with Gasteiger partial charge in [0.05, 0.1) is 23.9 Å². The zero-order valence-electron chi connectivity index (χ0n) is 16.7. The van der Waals surface area contributed by atoms with Crippen LogP contribution in [0.3, 0.4) is 0 Å². The number of carbonyl (C=O) groups excluding carboxylic acids is 1. The van der Waals surface area contributed by atoms with Crippen molar-refractivity contribution in [1.82, 2.24) is 9.47 Å². The molecule has 158 valence electrons. The van der Waals surface area contributed by atoms with Crippen LogP contribution in [0.25, 0.3) is 0 Å². The third-order valence-electron chi connectivity index (χ3n) is 7.26. The Labute approximate surface area is 173 Å². The molecule has 4 bridgehead atoms. The van der Waals surface area contributed by atoms with E-state index in [0.29, 0.717) is 30.1 Å². The molecule has 0 aliphatic heterocycles. The van der Waals surface area contributed by atoms with Crippen LogP contribution in [-0.4, -0.2) is 25.8 Å². The fraction of sp³-hybridized carbons (Fsp3) is 0.545. The number of furan rings is 1. The molecular formula is C22H25N3O5. The average molecular weight is 411 g/mol. The van der Waals surface area contributed by atoms with Crippen LogP contribution < -0.4 is 5.56 Å². The fourth-order valence-electron chi connectivity index (χ4n) is 6.46. The van der Waals surface area contributed by atoms with Crippen molar-refractivity contribution in [2.75, 3.05) is 0 Å². The fourth-order valence-corrected chi connectivity index (χ4v) is 6.46. The van der Waals surface area contributed by atoms with Gasteiger partial charge in [-0.05, 0) is 68.4 Å². The summed E-state index contributed by atoms with van der Waals surface area (Å²) in [6.07, 6.45) is 9.51. The highest BCUT2D eigenvalue weighted by molar-refractivity contribution is 5.77. The van der Waals surface area contributed by atoms with E-state index in [9.17, 15) is 19.7 Å². The van der Waals surface area contributed by atoms with Gasteiger partial charge in [0.1, 0.15) is 12.3 Å². The summed E-state index contributed by atoms with van der Waals surface area (Å²) in [7, 11) is 0. The van der Waals surface area contributed by atoms with Crippen LogP contribution in [0, 0.1) is 27.9 Å². The van der Waals surface area contributed by atoms with Gasteiger partial charge in [0.25, 0.3) is 11.2 Å². The lowest BCUT2D eigenvalue weighted by molar-refractivity contribution is -0.385.